The molecule has 0 atom stereocenters. The normalized spacial score (nSPS) is 16.8. The predicted octanol–water partition coefficient (Wildman–Crippen LogP) is 2.59. The molecule has 1 fully saturated rings. The van der Waals surface area contributed by atoms with Crippen LogP contribution < -0.4 is 4.74 Å². The van der Waals surface area contributed by atoms with E-state index in [2.05, 4.69) is 15.0 Å². The molecule has 0 N–H and O–H groups in total. The zero-order valence-electron chi connectivity index (χ0n) is 13.2. The highest BCUT2D eigenvalue weighted by Gasteiger charge is 2.19. The van der Waals surface area contributed by atoms with Gasteiger partial charge in [0.15, 0.2) is 0 Å². The van der Waals surface area contributed by atoms with E-state index in [0.717, 1.165) is 43.5 Å². The highest BCUT2D eigenvalue weighted by Crippen LogP contribution is 2.22. The predicted molar refractivity (Wildman–Crippen MR) is 85.6 cm³/mol. The number of aryl methyl sites for hydroxylation is 1. The van der Waals surface area contributed by atoms with Crippen molar-refractivity contribution < 1.29 is 4.74 Å². The molecule has 5 nitrogen and oxygen atoms in total. The molecule has 1 saturated heterocycles. The molecule has 2 aromatic heterocycles. The van der Waals surface area contributed by atoms with Crippen molar-refractivity contribution >= 4 is 0 Å². The van der Waals surface area contributed by atoms with Gasteiger partial charge in [0.1, 0.15) is 5.75 Å². The number of nitrogens with zero attached hydrogens (tertiary/aromatic N) is 4. The Morgan fingerprint density at radius 2 is 2.14 bits per heavy atom. The molecule has 0 amide bonds. The lowest BCUT2D eigenvalue weighted by Gasteiger charge is -2.31. The average molecular weight is 300 g/mol. The molecule has 1 aliphatic heterocycles. The Balaban J connectivity index is 1.43. The topological polar surface area (TPSA) is 43.2 Å². The summed E-state index contributed by atoms with van der Waals surface area (Å²) in [6.45, 7) is 4.27. The number of ether oxygens (including phenoxy) is 1. The van der Waals surface area contributed by atoms with Gasteiger partial charge in [-0.1, -0.05) is 0 Å². The van der Waals surface area contributed by atoms with Crippen LogP contribution in [0.15, 0.2) is 36.8 Å². The number of rotatable bonds is 6. The number of hydrogen-bond donors (Lipinski definition) is 0. The summed E-state index contributed by atoms with van der Waals surface area (Å²) < 4.78 is 7.30. The fourth-order valence-electron chi connectivity index (χ4n) is 3.08. The molecule has 118 valence electrons. The molecular formula is C17H24N4O. The molecule has 0 aromatic carbocycles. The SMILES string of the molecule is COc1ccnc(CN2CCC(CCn3cccn3)CC2)c1. The Labute approximate surface area is 131 Å². The maximum atomic E-state index is 5.26. The Morgan fingerprint density at radius 3 is 2.86 bits per heavy atom. The van der Waals surface area contributed by atoms with E-state index < -0.39 is 0 Å². The van der Waals surface area contributed by atoms with Crippen molar-refractivity contribution in [2.45, 2.75) is 32.4 Å². The van der Waals surface area contributed by atoms with Crippen molar-refractivity contribution in [1.82, 2.24) is 19.7 Å². The average Bonchev–Trinajstić information content (AvgIpc) is 3.08. The van der Waals surface area contributed by atoms with Gasteiger partial charge in [-0.05, 0) is 50.4 Å². The van der Waals surface area contributed by atoms with Crippen LogP contribution in [0.2, 0.25) is 0 Å². The molecule has 22 heavy (non-hydrogen) atoms. The third-order valence-corrected chi connectivity index (χ3v) is 4.44. The lowest BCUT2D eigenvalue weighted by molar-refractivity contribution is 0.167. The molecule has 0 radical (unpaired) electrons. The van der Waals surface area contributed by atoms with Crippen LogP contribution in [0.3, 0.4) is 0 Å². The molecule has 0 saturated carbocycles. The first-order valence-corrected chi connectivity index (χ1v) is 8.02. The van der Waals surface area contributed by atoms with Crippen molar-refractivity contribution in [3.63, 3.8) is 0 Å². The van der Waals surface area contributed by atoms with Crippen LogP contribution in [0.5, 0.6) is 5.75 Å². The third kappa shape index (κ3) is 4.07. The van der Waals surface area contributed by atoms with Crippen molar-refractivity contribution in [3.8, 4) is 5.75 Å². The quantitative estimate of drug-likeness (QED) is 0.822. The van der Waals surface area contributed by atoms with Crippen molar-refractivity contribution in [1.29, 1.82) is 0 Å². The van der Waals surface area contributed by atoms with Crippen molar-refractivity contribution in [2.75, 3.05) is 20.2 Å². The molecule has 1 aliphatic rings. The smallest absolute Gasteiger partial charge is 0.122 e. The highest BCUT2D eigenvalue weighted by molar-refractivity contribution is 5.22. The van der Waals surface area contributed by atoms with Gasteiger partial charge in [-0.3, -0.25) is 14.6 Å². The van der Waals surface area contributed by atoms with Gasteiger partial charge in [-0.25, -0.2) is 0 Å². The molecule has 5 heteroatoms. The number of piperidine rings is 1. The Kier molecular flexibility index (Phi) is 5.06. The summed E-state index contributed by atoms with van der Waals surface area (Å²) in [4.78, 5) is 6.93. The minimum Gasteiger partial charge on any atom is -0.497 e. The van der Waals surface area contributed by atoms with Crippen molar-refractivity contribution in [2.24, 2.45) is 5.92 Å². The van der Waals surface area contributed by atoms with Crippen LogP contribution in [-0.2, 0) is 13.1 Å². The largest absolute Gasteiger partial charge is 0.497 e. The second-order valence-corrected chi connectivity index (χ2v) is 5.96. The summed E-state index contributed by atoms with van der Waals surface area (Å²) in [5, 5.41) is 4.27. The van der Waals surface area contributed by atoms with Gasteiger partial charge in [-0.15, -0.1) is 0 Å². The number of hydrogen-bond acceptors (Lipinski definition) is 4. The zero-order valence-corrected chi connectivity index (χ0v) is 13.2. The third-order valence-electron chi connectivity index (χ3n) is 4.44. The van der Waals surface area contributed by atoms with Crippen LogP contribution in [-0.4, -0.2) is 39.9 Å². The number of pyridine rings is 1. The van der Waals surface area contributed by atoms with Crippen LogP contribution in [0, 0.1) is 5.92 Å². The van der Waals surface area contributed by atoms with Gasteiger partial charge >= 0.3 is 0 Å². The van der Waals surface area contributed by atoms with E-state index >= 15 is 0 Å². The minimum atomic E-state index is 0.818. The molecular weight excluding hydrogens is 276 g/mol. The second-order valence-electron chi connectivity index (χ2n) is 5.96. The lowest BCUT2D eigenvalue weighted by Crippen LogP contribution is -2.33. The first-order valence-electron chi connectivity index (χ1n) is 8.02. The van der Waals surface area contributed by atoms with Gasteiger partial charge in [0, 0.05) is 37.7 Å². The summed E-state index contributed by atoms with van der Waals surface area (Å²) in [7, 11) is 1.70. The van der Waals surface area contributed by atoms with E-state index in [1.807, 2.05) is 41.5 Å². The molecule has 0 bridgehead atoms. The van der Waals surface area contributed by atoms with Gasteiger partial charge in [0.05, 0.1) is 12.8 Å². The molecule has 0 unspecified atom stereocenters. The van der Waals surface area contributed by atoms with E-state index in [0.29, 0.717) is 0 Å². The van der Waals surface area contributed by atoms with Gasteiger partial charge < -0.3 is 4.74 Å². The number of likely N-dealkylation sites (tertiary alicyclic amines) is 1. The molecule has 0 aliphatic carbocycles. The Bertz CT molecular complexity index is 562. The Morgan fingerprint density at radius 1 is 1.27 bits per heavy atom. The van der Waals surface area contributed by atoms with Gasteiger partial charge in [-0.2, -0.15) is 5.10 Å². The summed E-state index contributed by atoms with van der Waals surface area (Å²) in [5.74, 6) is 1.71. The van der Waals surface area contributed by atoms with Crippen LogP contribution in [0.1, 0.15) is 25.0 Å². The Hall–Kier alpha value is -1.88. The van der Waals surface area contributed by atoms with Crippen LogP contribution >= 0.6 is 0 Å². The summed E-state index contributed by atoms with van der Waals surface area (Å²) in [6.07, 6.45) is 9.49. The first kappa shape index (κ1) is 15.0. The van der Waals surface area contributed by atoms with Crippen LogP contribution in [0.4, 0.5) is 0 Å². The lowest BCUT2D eigenvalue weighted by atomic mass is 9.93. The number of aromatic nitrogens is 3. The van der Waals surface area contributed by atoms with E-state index in [-0.39, 0.29) is 0 Å². The molecule has 3 rings (SSSR count). The summed E-state index contributed by atoms with van der Waals surface area (Å²) in [5.41, 5.74) is 1.09. The summed E-state index contributed by atoms with van der Waals surface area (Å²) in [6, 6.07) is 5.92. The second kappa shape index (κ2) is 7.40. The summed E-state index contributed by atoms with van der Waals surface area (Å²) >= 11 is 0. The van der Waals surface area contributed by atoms with E-state index in [9.17, 15) is 0 Å². The molecule has 3 heterocycles. The number of methoxy groups -OCH3 is 1. The fraction of sp³-hybridized carbons (Fsp3) is 0.529. The van der Waals surface area contributed by atoms with Crippen molar-refractivity contribution in [3.05, 3.63) is 42.5 Å². The van der Waals surface area contributed by atoms with Gasteiger partial charge in [0.2, 0.25) is 0 Å². The molecule has 2 aromatic rings. The first-order chi connectivity index (χ1) is 10.8. The van der Waals surface area contributed by atoms with E-state index in [4.69, 9.17) is 4.74 Å². The maximum absolute atomic E-state index is 5.26. The van der Waals surface area contributed by atoms with Crippen LogP contribution in [0.25, 0.3) is 0 Å². The standard InChI is InChI=1S/C17H24N4O/c1-22-17-3-8-18-16(13-17)14-20-10-4-15(5-11-20)6-12-21-9-2-7-19-21/h2-3,7-9,13,15H,4-6,10-12,14H2,1H3. The monoisotopic (exact) mass is 300 g/mol. The van der Waals surface area contributed by atoms with E-state index in [1.54, 1.807) is 7.11 Å². The maximum Gasteiger partial charge on any atom is 0.122 e. The van der Waals surface area contributed by atoms with E-state index in [1.165, 1.54) is 19.3 Å². The minimum absolute atomic E-state index is 0.818. The fourth-order valence-corrected chi connectivity index (χ4v) is 3.08. The van der Waals surface area contributed by atoms with Gasteiger partial charge in [0.25, 0.3) is 0 Å². The molecule has 0 spiro atoms. The zero-order chi connectivity index (χ0) is 15.2. The highest BCUT2D eigenvalue weighted by atomic mass is 16.5.